The molecular weight excluding hydrogens is 232 g/mol. The van der Waals surface area contributed by atoms with Crippen LogP contribution in [0.1, 0.15) is 12.5 Å². The molecule has 1 aromatic carbocycles. The average molecular weight is 252 g/mol. The van der Waals surface area contributed by atoms with E-state index in [2.05, 4.69) is 17.9 Å². The summed E-state index contributed by atoms with van der Waals surface area (Å²) in [6.45, 7) is 5.53. The molecule has 94 valence electrons. The Morgan fingerprint density at radius 1 is 1.53 bits per heavy atom. The largest absolute Gasteiger partial charge is 0.497 e. The lowest BCUT2D eigenvalue weighted by Gasteiger charge is -2.30. The number of thioether (sulfide) groups is 1. The Hall–Kier alpha value is -0.870. The van der Waals surface area contributed by atoms with Gasteiger partial charge in [0.25, 0.3) is 0 Å². The van der Waals surface area contributed by atoms with Gasteiger partial charge in [0.2, 0.25) is 0 Å². The van der Waals surface area contributed by atoms with Gasteiger partial charge in [-0.1, -0.05) is 13.0 Å². The standard InChI is InChI=1S/C13H20N2OS/c1-10-8-15(5-6-17-10)9-11-3-4-12(16-2)7-13(11)14/h3-4,7,10H,5-6,8-9,14H2,1-2H3. The summed E-state index contributed by atoms with van der Waals surface area (Å²) in [4.78, 5) is 2.47. The number of nitrogens with two attached hydrogens (primary N) is 1. The fourth-order valence-electron chi connectivity index (χ4n) is 2.12. The normalized spacial score (nSPS) is 21.4. The van der Waals surface area contributed by atoms with Crippen LogP contribution in [0.2, 0.25) is 0 Å². The fourth-order valence-corrected chi connectivity index (χ4v) is 3.20. The molecule has 0 spiro atoms. The van der Waals surface area contributed by atoms with Crippen molar-refractivity contribution in [1.29, 1.82) is 0 Å². The molecule has 1 fully saturated rings. The molecule has 17 heavy (non-hydrogen) atoms. The molecule has 1 aromatic rings. The van der Waals surface area contributed by atoms with E-state index in [1.165, 1.54) is 11.3 Å². The van der Waals surface area contributed by atoms with Gasteiger partial charge in [-0.25, -0.2) is 0 Å². The molecule has 0 saturated carbocycles. The lowest BCUT2D eigenvalue weighted by molar-refractivity contribution is 0.279. The summed E-state index contributed by atoms with van der Waals surface area (Å²) in [5, 5.41) is 0.725. The third kappa shape index (κ3) is 3.30. The monoisotopic (exact) mass is 252 g/mol. The van der Waals surface area contributed by atoms with Crippen LogP contribution in [0.4, 0.5) is 5.69 Å². The summed E-state index contributed by atoms with van der Waals surface area (Å²) >= 11 is 2.05. The summed E-state index contributed by atoms with van der Waals surface area (Å²) in [6, 6.07) is 5.95. The second-order valence-corrected chi connectivity index (χ2v) is 6.03. The van der Waals surface area contributed by atoms with Gasteiger partial charge in [0, 0.05) is 42.4 Å². The number of rotatable bonds is 3. The van der Waals surface area contributed by atoms with Crippen molar-refractivity contribution in [2.45, 2.75) is 18.7 Å². The molecule has 0 bridgehead atoms. The van der Waals surface area contributed by atoms with Gasteiger partial charge in [0.15, 0.2) is 0 Å². The van der Waals surface area contributed by atoms with Crippen molar-refractivity contribution < 1.29 is 4.74 Å². The maximum Gasteiger partial charge on any atom is 0.120 e. The predicted molar refractivity (Wildman–Crippen MR) is 74.6 cm³/mol. The highest BCUT2D eigenvalue weighted by atomic mass is 32.2. The second-order valence-electron chi connectivity index (χ2n) is 4.48. The van der Waals surface area contributed by atoms with Crippen molar-refractivity contribution in [1.82, 2.24) is 4.90 Å². The van der Waals surface area contributed by atoms with Crippen molar-refractivity contribution in [2.24, 2.45) is 0 Å². The van der Waals surface area contributed by atoms with Crippen LogP contribution in [0.3, 0.4) is 0 Å². The molecule has 0 aromatic heterocycles. The van der Waals surface area contributed by atoms with Crippen LogP contribution >= 0.6 is 11.8 Å². The van der Waals surface area contributed by atoms with E-state index in [4.69, 9.17) is 10.5 Å². The Balaban J connectivity index is 2.02. The van der Waals surface area contributed by atoms with E-state index in [1.807, 2.05) is 23.9 Å². The summed E-state index contributed by atoms with van der Waals surface area (Å²) in [5.74, 6) is 2.05. The molecule has 0 aliphatic carbocycles. The van der Waals surface area contributed by atoms with Crippen LogP contribution in [0, 0.1) is 0 Å². The number of methoxy groups -OCH3 is 1. The molecule has 1 atom stereocenters. The molecule has 2 N–H and O–H groups in total. The van der Waals surface area contributed by atoms with E-state index in [-0.39, 0.29) is 0 Å². The van der Waals surface area contributed by atoms with Gasteiger partial charge in [0.05, 0.1) is 7.11 Å². The Morgan fingerprint density at radius 3 is 3.00 bits per heavy atom. The molecule has 1 unspecified atom stereocenters. The quantitative estimate of drug-likeness (QED) is 0.837. The van der Waals surface area contributed by atoms with E-state index in [0.29, 0.717) is 0 Å². The van der Waals surface area contributed by atoms with Gasteiger partial charge < -0.3 is 10.5 Å². The maximum atomic E-state index is 6.04. The van der Waals surface area contributed by atoms with Gasteiger partial charge in [0.1, 0.15) is 5.75 Å². The molecule has 1 heterocycles. The Labute approximate surface area is 107 Å². The van der Waals surface area contributed by atoms with Crippen LogP contribution in [0.15, 0.2) is 18.2 Å². The third-order valence-corrected chi connectivity index (χ3v) is 4.21. The summed E-state index contributed by atoms with van der Waals surface area (Å²) < 4.78 is 5.16. The van der Waals surface area contributed by atoms with Crippen molar-refractivity contribution in [3.63, 3.8) is 0 Å². The van der Waals surface area contributed by atoms with Gasteiger partial charge in [-0.2, -0.15) is 11.8 Å². The number of ether oxygens (including phenoxy) is 1. The van der Waals surface area contributed by atoms with E-state index in [0.717, 1.165) is 36.3 Å². The first-order valence-electron chi connectivity index (χ1n) is 5.95. The topological polar surface area (TPSA) is 38.5 Å². The Bertz CT molecular complexity index is 384. The number of hydrogen-bond acceptors (Lipinski definition) is 4. The van der Waals surface area contributed by atoms with Gasteiger partial charge in [-0.05, 0) is 11.6 Å². The Kier molecular flexibility index (Phi) is 4.18. The van der Waals surface area contributed by atoms with Gasteiger partial charge in [-0.15, -0.1) is 0 Å². The molecule has 1 aliphatic rings. The molecule has 1 aliphatic heterocycles. The summed E-state index contributed by atoms with van der Waals surface area (Å²) in [6.07, 6.45) is 0. The van der Waals surface area contributed by atoms with E-state index in [9.17, 15) is 0 Å². The van der Waals surface area contributed by atoms with Crippen LogP contribution in [0.5, 0.6) is 5.75 Å². The summed E-state index contributed by atoms with van der Waals surface area (Å²) in [5.41, 5.74) is 8.06. The number of hydrogen-bond donors (Lipinski definition) is 1. The van der Waals surface area contributed by atoms with Crippen molar-refractivity contribution in [2.75, 3.05) is 31.7 Å². The smallest absolute Gasteiger partial charge is 0.120 e. The number of benzene rings is 1. The first-order valence-corrected chi connectivity index (χ1v) is 7.00. The van der Waals surface area contributed by atoms with E-state index >= 15 is 0 Å². The minimum atomic E-state index is 0.725. The molecule has 0 radical (unpaired) electrons. The molecule has 0 amide bonds. The van der Waals surface area contributed by atoms with Crippen LogP contribution in [-0.2, 0) is 6.54 Å². The Morgan fingerprint density at radius 2 is 2.35 bits per heavy atom. The van der Waals surface area contributed by atoms with Crippen LogP contribution in [-0.4, -0.2) is 36.1 Å². The van der Waals surface area contributed by atoms with E-state index in [1.54, 1.807) is 7.11 Å². The molecule has 1 saturated heterocycles. The lowest BCUT2D eigenvalue weighted by atomic mass is 10.1. The van der Waals surface area contributed by atoms with Crippen LogP contribution in [0.25, 0.3) is 0 Å². The number of anilines is 1. The first-order chi connectivity index (χ1) is 8.19. The molecule has 2 rings (SSSR count). The molecule has 4 heteroatoms. The highest BCUT2D eigenvalue weighted by Crippen LogP contribution is 2.24. The van der Waals surface area contributed by atoms with Gasteiger partial charge in [-0.3, -0.25) is 4.90 Å². The number of nitrogens with zero attached hydrogens (tertiary/aromatic N) is 1. The minimum absolute atomic E-state index is 0.725. The zero-order chi connectivity index (χ0) is 12.3. The minimum Gasteiger partial charge on any atom is -0.497 e. The number of nitrogen functional groups attached to an aromatic ring is 1. The molecule has 3 nitrogen and oxygen atoms in total. The van der Waals surface area contributed by atoms with Crippen molar-refractivity contribution >= 4 is 17.4 Å². The first kappa shape index (κ1) is 12.6. The van der Waals surface area contributed by atoms with Gasteiger partial charge >= 0.3 is 0 Å². The predicted octanol–water partition coefficient (Wildman–Crippen LogP) is 2.21. The second kappa shape index (κ2) is 5.65. The average Bonchev–Trinajstić information content (AvgIpc) is 2.32. The van der Waals surface area contributed by atoms with Crippen LogP contribution < -0.4 is 10.5 Å². The van der Waals surface area contributed by atoms with Crippen molar-refractivity contribution in [3.05, 3.63) is 23.8 Å². The van der Waals surface area contributed by atoms with E-state index < -0.39 is 0 Å². The fraction of sp³-hybridized carbons (Fsp3) is 0.538. The SMILES string of the molecule is COc1ccc(CN2CCSC(C)C2)c(N)c1. The summed E-state index contributed by atoms with van der Waals surface area (Å²) in [7, 11) is 1.66. The highest BCUT2D eigenvalue weighted by Gasteiger charge is 2.17. The molecular formula is C13H20N2OS. The maximum absolute atomic E-state index is 6.04. The third-order valence-electron chi connectivity index (χ3n) is 3.07. The zero-order valence-corrected chi connectivity index (χ0v) is 11.3. The lowest BCUT2D eigenvalue weighted by Crippen LogP contribution is -2.36. The highest BCUT2D eigenvalue weighted by molar-refractivity contribution is 7.99. The zero-order valence-electron chi connectivity index (χ0n) is 10.5. The van der Waals surface area contributed by atoms with Crippen molar-refractivity contribution in [3.8, 4) is 5.75 Å².